The highest BCUT2D eigenvalue weighted by atomic mass is 35.5. The standard InChI is InChI=1S/C18H20N6.ClH/c1-2-6-17(7-3-1)24-21-12-16(22-24)14-23-10-9-20-13-18(23)15-5-4-8-19-11-15;/h1-8,11-12,18,20H,9-10,13-14H2;1H. The van der Waals surface area contributed by atoms with E-state index in [4.69, 9.17) is 0 Å². The first kappa shape index (κ1) is 17.5. The molecule has 2 aromatic heterocycles. The third kappa shape index (κ3) is 4.04. The lowest BCUT2D eigenvalue weighted by molar-refractivity contribution is 0.151. The number of pyridine rings is 1. The summed E-state index contributed by atoms with van der Waals surface area (Å²) in [5.74, 6) is 0. The Kier molecular flexibility index (Phi) is 5.75. The molecule has 1 aliphatic heterocycles. The minimum absolute atomic E-state index is 0. The van der Waals surface area contributed by atoms with Crippen molar-refractivity contribution in [1.82, 2.24) is 30.2 Å². The Morgan fingerprint density at radius 1 is 1.08 bits per heavy atom. The zero-order valence-electron chi connectivity index (χ0n) is 13.8. The summed E-state index contributed by atoms with van der Waals surface area (Å²) in [5.41, 5.74) is 3.20. The average Bonchev–Trinajstić information content (AvgIpc) is 3.12. The molecule has 1 N–H and O–H groups in total. The molecule has 1 atom stereocenters. The molecule has 25 heavy (non-hydrogen) atoms. The molecule has 0 spiro atoms. The van der Waals surface area contributed by atoms with Gasteiger partial charge in [-0.2, -0.15) is 15.0 Å². The number of aromatic nitrogens is 4. The van der Waals surface area contributed by atoms with Gasteiger partial charge in [-0.25, -0.2) is 0 Å². The van der Waals surface area contributed by atoms with Gasteiger partial charge < -0.3 is 5.32 Å². The van der Waals surface area contributed by atoms with Crippen molar-refractivity contribution in [3.8, 4) is 5.69 Å². The number of hydrogen-bond donors (Lipinski definition) is 1. The molecule has 1 fully saturated rings. The molecule has 1 aromatic carbocycles. The lowest BCUT2D eigenvalue weighted by Gasteiger charge is -2.35. The second-order valence-corrected chi connectivity index (χ2v) is 5.94. The quantitative estimate of drug-likeness (QED) is 0.776. The van der Waals surface area contributed by atoms with E-state index < -0.39 is 0 Å². The van der Waals surface area contributed by atoms with Crippen LogP contribution in [0.15, 0.2) is 61.1 Å². The van der Waals surface area contributed by atoms with E-state index in [1.54, 1.807) is 4.80 Å². The molecule has 7 heteroatoms. The van der Waals surface area contributed by atoms with E-state index in [0.29, 0.717) is 6.04 Å². The average molecular weight is 357 g/mol. The number of halogens is 1. The first-order chi connectivity index (χ1) is 11.9. The maximum Gasteiger partial charge on any atom is 0.0972 e. The van der Waals surface area contributed by atoms with E-state index in [1.165, 1.54) is 5.56 Å². The Morgan fingerprint density at radius 2 is 1.96 bits per heavy atom. The van der Waals surface area contributed by atoms with E-state index >= 15 is 0 Å². The van der Waals surface area contributed by atoms with Crippen molar-refractivity contribution in [2.24, 2.45) is 0 Å². The van der Waals surface area contributed by atoms with Gasteiger partial charge in [-0.1, -0.05) is 24.3 Å². The SMILES string of the molecule is Cl.c1ccc(-n2ncc(CN3CCNCC3c3cccnc3)n2)cc1. The van der Waals surface area contributed by atoms with Gasteiger partial charge in [0.25, 0.3) is 0 Å². The Morgan fingerprint density at radius 3 is 2.76 bits per heavy atom. The molecule has 3 heterocycles. The summed E-state index contributed by atoms with van der Waals surface area (Å²) in [6.45, 7) is 3.69. The fourth-order valence-corrected chi connectivity index (χ4v) is 3.10. The molecular formula is C18H21ClN6. The Labute approximate surface area is 153 Å². The number of piperazine rings is 1. The van der Waals surface area contributed by atoms with Crippen LogP contribution in [-0.4, -0.2) is 44.5 Å². The van der Waals surface area contributed by atoms with Gasteiger partial charge >= 0.3 is 0 Å². The predicted molar refractivity (Wildman–Crippen MR) is 98.9 cm³/mol. The molecule has 0 radical (unpaired) electrons. The van der Waals surface area contributed by atoms with Crippen molar-refractivity contribution in [3.63, 3.8) is 0 Å². The number of hydrogen-bond acceptors (Lipinski definition) is 5. The molecule has 4 rings (SSSR count). The van der Waals surface area contributed by atoms with Crippen LogP contribution < -0.4 is 5.32 Å². The van der Waals surface area contributed by atoms with Crippen molar-refractivity contribution in [3.05, 3.63) is 72.3 Å². The van der Waals surface area contributed by atoms with Crippen LogP contribution in [0.25, 0.3) is 5.69 Å². The topological polar surface area (TPSA) is 58.9 Å². The minimum atomic E-state index is 0. The van der Waals surface area contributed by atoms with Crippen molar-refractivity contribution >= 4 is 12.4 Å². The first-order valence-corrected chi connectivity index (χ1v) is 8.21. The third-order valence-corrected chi connectivity index (χ3v) is 4.31. The van der Waals surface area contributed by atoms with Gasteiger partial charge in [-0.15, -0.1) is 12.4 Å². The summed E-state index contributed by atoms with van der Waals surface area (Å²) < 4.78 is 0. The van der Waals surface area contributed by atoms with Crippen LogP contribution in [0, 0.1) is 0 Å². The van der Waals surface area contributed by atoms with E-state index in [0.717, 1.165) is 37.6 Å². The largest absolute Gasteiger partial charge is 0.314 e. The van der Waals surface area contributed by atoms with E-state index in [9.17, 15) is 0 Å². The molecule has 0 saturated carbocycles. The van der Waals surface area contributed by atoms with Crippen LogP contribution in [0.4, 0.5) is 0 Å². The van der Waals surface area contributed by atoms with Crippen molar-refractivity contribution in [1.29, 1.82) is 0 Å². The van der Waals surface area contributed by atoms with Crippen LogP contribution >= 0.6 is 12.4 Å². The smallest absolute Gasteiger partial charge is 0.0972 e. The van der Waals surface area contributed by atoms with Crippen LogP contribution in [0.1, 0.15) is 17.3 Å². The number of para-hydroxylation sites is 1. The molecule has 1 unspecified atom stereocenters. The van der Waals surface area contributed by atoms with Gasteiger partial charge in [-0.05, 0) is 23.8 Å². The van der Waals surface area contributed by atoms with E-state index in [2.05, 4.69) is 31.5 Å². The maximum absolute atomic E-state index is 4.63. The van der Waals surface area contributed by atoms with Crippen LogP contribution in [0.5, 0.6) is 0 Å². The fourth-order valence-electron chi connectivity index (χ4n) is 3.10. The highest BCUT2D eigenvalue weighted by molar-refractivity contribution is 5.85. The lowest BCUT2D eigenvalue weighted by Crippen LogP contribution is -2.45. The maximum atomic E-state index is 4.63. The van der Waals surface area contributed by atoms with Gasteiger partial charge in [0.2, 0.25) is 0 Å². The van der Waals surface area contributed by atoms with Gasteiger partial charge in [0, 0.05) is 44.6 Å². The summed E-state index contributed by atoms with van der Waals surface area (Å²) in [7, 11) is 0. The zero-order valence-corrected chi connectivity index (χ0v) is 14.6. The Balaban J connectivity index is 0.00000182. The molecule has 130 valence electrons. The number of rotatable bonds is 4. The Hall–Kier alpha value is -2.28. The highest BCUT2D eigenvalue weighted by Gasteiger charge is 2.24. The van der Waals surface area contributed by atoms with Crippen molar-refractivity contribution < 1.29 is 0 Å². The van der Waals surface area contributed by atoms with E-state index in [-0.39, 0.29) is 12.4 Å². The number of nitrogens with zero attached hydrogens (tertiary/aromatic N) is 5. The second kappa shape index (κ2) is 8.20. The summed E-state index contributed by atoms with van der Waals surface area (Å²) >= 11 is 0. The number of nitrogens with one attached hydrogen (secondary N) is 1. The summed E-state index contributed by atoms with van der Waals surface area (Å²) in [6, 6.07) is 14.4. The summed E-state index contributed by atoms with van der Waals surface area (Å²) in [6.07, 6.45) is 5.62. The lowest BCUT2D eigenvalue weighted by atomic mass is 10.1. The summed E-state index contributed by atoms with van der Waals surface area (Å²) in [4.78, 5) is 8.39. The number of benzene rings is 1. The van der Waals surface area contributed by atoms with Gasteiger partial charge in [0.05, 0.1) is 17.6 Å². The molecule has 1 saturated heterocycles. The predicted octanol–water partition coefficient (Wildman–Crippen LogP) is 2.23. The molecule has 0 aliphatic carbocycles. The Bertz CT molecular complexity index is 777. The van der Waals surface area contributed by atoms with Gasteiger partial charge in [-0.3, -0.25) is 9.88 Å². The molecular weight excluding hydrogens is 336 g/mol. The van der Waals surface area contributed by atoms with E-state index in [1.807, 2.05) is 55.0 Å². The fraction of sp³-hybridized carbons (Fsp3) is 0.278. The van der Waals surface area contributed by atoms with Crippen LogP contribution in [0.2, 0.25) is 0 Å². The highest BCUT2D eigenvalue weighted by Crippen LogP contribution is 2.23. The second-order valence-electron chi connectivity index (χ2n) is 5.94. The molecule has 1 aliphatic rings. The van der Waals surface area contributed by atoms with Crippen molar-refractivity contribution in [2.75, 3.05) is 19.6 Å². The monoisotopic (exact) mass is 356 g/mol. The minimum Gasteiger partial charge on any atom is -0.314 e. The molecule has 6 nitrogen and oxygen atoms in total. The third-order valence-electron chi connectivity index (χ3n) is 4.31. The molecule has 0 bridgehead atoms. The zero-order chi connectivity index (χ0) is 16.2. The van der Waals surface area contributed by atoms with Crippen molar-refractivity contribution in [2.45, 2.75) is 12.6 Å². The summed E-state index contributed by atoms with van der Waals surface area (Å²) in [5, 5.41) is 12.5. The van der Waals surface area contributed by atoms with Gasteiger partial charge in [0.1, 0.15) is 0 Å². The normalized spacial score (nSPS) is 17.8. The van der Waals surface area contributed by atoms with Crippen LogP contribution in [-0.2, 0) is 6.54 Å². The van der Waals surface area contributed by atoms with Gasteiger partial charge in [0.15, 0.2) is 0 Å². The first-order valence-electron chi connectivity index (χ1n) is 8.21. The van der Waals surface area contributed by atoms with Crippen LogP contribution in [0.3, 0.4) is 0 Å². The molecule has 3 aromatic rings. The molecule has 0 amide bonds.